The molecule has 3 N–H and O–H groups in total. The van der Waals surface area contributed by atoms with Gasteiger partial charge in [-0.1, -0.05) is 5.16 Å². The molecule has 1 aliphatic rings. The van der Waals surface area contributed by atoms with Crippen LogP contribution in [0.1, 0.15) is 31.5 Å². The molecule has 0 atom stereocenters. The highest BCUT2D eigenvalue weighted by Gasteiger charge is 2.28. The topological polar surface area (TPSA) is 104 Å². The van der Waals surface area contributed by atoms with Gasteiger partial charge in [0.25, 0.3) is 0 Å². The van der Waals surface area contributed by atoms with E-state index in [4.69, 9.17) is 4.52 Å². The summed E-state index contributed by atoms with van der Waals surface area (Å²) in [5, 5.41) is 13.0. The predicted octanol–water partition coefficient (Wildman–Crippen LogP) is -0.0407. The normalized spacial score (nSPS) is 14.9. The number of aliphatic imine (C=N–C) groups is 1. The summed E-state index contributed by atoms with van der Waals surface area (Å²) >= 11 is 0. The van der Waals surface area contributed by atoms with Crippen LogP contribution in [0.15, 0.2) is 9.52 Å². The first kappa shape index (κ1) is 15.3. The highest BCUT2D eigenvalue weighted by atomic mass is 16.5. The van der Waals surface area contributed by atoms with Crippen molar-refractivity contribution in [3.63, 3.8) is 0 Å². The monoisotopic (exact) mass is 294 g/mol. The molecule has 0 unspecified atom stereocenters. The van der Waals surface area contributed by atoms with E-state index < -0.39 is 0 Å². The smallest absolute Gasteiger partial charge is 0.223 e. The lowest BCUT2D eigenvalue weighted by Gasteiger charge is -2.11. The van der Waals surface area contributed by atoms with Gasteiger partial charge >= 0.3 is 0 Å². The first-order valence-corrected chi connectivity index (χ1v) is 7.28. The third kappa shape index (κ3) is 5.41. The van der Waals surface area contributed by atoms with Crippen molar-refractivity contribution in [1.82, 2.24) is 26.1 Å². The molecular weight excluding hydrogens is 272 g/mol. The lowest BCUT2D eigenvalue weighted by Crippen LogP contribution is -2.41. The maximum atomic E-state index is 11.5. The third-order valence-corrected chi connectivity index (χ3v) is 2.96. The van der Waals surface area contributed by atoms with E-state index in [1.54, 1.807) is 6.92 Å². The fourth-order valence-corrected chi connectivity index (χ4v) is 1.75. The zero-order valence-corrected chi connectivity index (χ0v) is 12.5. The fraction of sp³-hybridized carbons (Fsp3) is 0.692. The van der Waals surface area contributed by atoms with Crippen molar-refractivity contribution in [1.29, 1.82) is 0 Å². The largest absolute Gasteiger partial charge is 0.357 e. The molecule has 0 radical (unpaired) electrons. The van der Waals surface area contributed by atoms with E-state index in [1.165, 1.54) is 0 Å². The summed E-state index contributed by atoms with van der Waals surface area (Å²) in [5.74, 6) is 2.14. The molecule has 1 aromatic rings. The number of amides is 1. The number of nitrogens with one attached hydrogen (secondary N) is 3. The molecule has 1 fully saturated rings. The Bertz CT molecular complexity index is 495. The second-order valence-electron chi connectivity index (χ2n) is 4.92. The van der Waals surface area contributed by atoms with Crippen LogP contribution in [0.25, 0.3) is 0 Å². The molecule has 8 nitrogen and oxygen atoms in total. The SMILES string of the molecule is CCNC(=NCc1noc(C)n1)NCCNC(=O)C1CC1. The molecule has 116 valence electrons. The molecule has 0 aromatic carbocycles. The van der Waals surface area contributed by atoms with Gasteiger partial charge in [-0.05, 0) is 19.8 Å². The molecule has 8 heteroatoms. The third-order valence-electron chi connectivity index (χ3n) is 2.96. The second kappa shape index (κ2) is 7.61. The quantitative estimate of drug-likeness (QED) is 0.370. The van der Waals surface area contributed by atoms with Crippen molar-refractivity contribution in [3.8, 4) is 0 Å². The Morgan fingerprint density at radius 1 is 1.33 bits per heavy atom. The molecule has 21 heavy (non-hydrogen) atoms. The first-order valence-electron chi connectivity index (χ1n) is 7.28. The van der Waals surface area contributed by atoms with Crippen LogP contribution in [0.2, 0.25) is 0 Å². The van der Waals surface area contributed by atoms with Crippen molar-refractivity contribution in [2.24, 2.45) is 10.9 Å². The van der Waals surface area contributed by atoms with Gasteiger partial charge < -0.3 is 20.5 Å². The number of aryl methyl sites for hydroxylation is 1. The Hall–Kier alpha value is -2.12. The lowest BCUT2D eigenvalue weighted by atomic mass is 10.4. The summed E-state index contributed by atoms with van der Waals surface area (Å²) in [7, 11) is 0. The van der Waals surface area contributed by atoms with Gasteiger partial charge in [-0.3, -0.25) is 4.79 Å². The summed E-state index contributed by atoms with van der Waals surface area (Å²) in [5.41, 5.74) is 0. The van der Waals surface area contributed by atoms with Gasteiger partial charge in [0.15, 0.2) is 11.8 Å². The van der Waals surface area contributed by atoms with E-state index >= 15 is 0 Å². The highest BCUT2D eigenvalue weighted by Crippen LogP contribution is 2.28. The number of hydrogen-bond acceptors (Lipinski definition) is 5. The molecule has 1 aromatic heterocycles. The number of guanidine groups is 1. The summed E-state index contributed by atoms with van der Waals surface area (Å²) in [6.45, 7) is 6.04. The predicted molar refractivity (Wildman–Crippen MR) is 77.6 cm³/mol. The number of rotatable bonds is 7. The van der Waals surface area contributed by atoms with E-state index in [1.807, 2.05) is 6.92 Å². The zero-order valence-electron chi connectivity index (χ0n) is 12.5. The van der Waals surface area contributed by atoms with Gasteiger partial charge in [0.05, 0.1) is 0 Å². The number of carbonyl (C=O) groups excluding carboxylic acids is 1. The summed E-state index contributed by atoms with van der Waals surface area (Å²) in [6.07, 6.45) is 2.04. The van der Waals surface area contributed by atoms with Gasteiger partial charge in [0.1, 0.15) is 6.54 Å². The highest BCUT2D eigenvalue weighted by molar-refractivity contribution is 5.81. The van der Waals surface area contributed by atoms with E-state index in [0.29, 0.717) is 37.3 Å². The molecule has 1 aliphatic carbocycles. The van der Waals surface area contributed by atoms with Crippen LogP contribution in [0.4, 0.5) is 0 Å². The van der Waals surface area contributed by atoms with E-state index in [0.717, 1.165) is 19.4 Å². The fourth-order valence-electron chi connectivity index (χ4n) is 1.75. The number of carbonyl (C=O) groups is 1. The van der Waals surface area contributed by atoms with E-state index in [2.05, 4.69) is 31.1 Å². The van der Waals surface area contributed by atoms with Crippen LogP contribution in [-0.4, -0.2) is 41.6 Å². The number of nitrogens with zero attached hydrogens (tertiary/aromatic N) is 3. The standard InChI is InChI=1S/C13H22N6O2/c1-3-14-13(17-8-11-18-9(2)21-19-11)16-7-6-15-12(20)10-4-5-10/h10H,3-8H2,1-2H3,(H,15,20)(H2,14,16,17). The van der Waals surface area contributed by atoms with Gasteiger partial charge in [-0.15, -0.1) is 0 Å². The average Bonchev–Trinajstić information content (AvgIpc) is 3.24. The molecule has 0 bridgehead atoms. The summed E-state index contributed by atoms with van der Waals surface area (Å²) in [4.78, 5) is 19.9. The lowest BCUT2D eigenvalue weighted by molar-refractivity contribution is -0.122. The van der Waals surface area contributed by atoms with Crippen molar-refractivity contribution in [3.05, 3.63) is 11.7 Å². The van der Waals surface area contributed by atoms with Crippen LogP contribution >= 0.6 is 0 Å². The van der Waals surface area contributed by atoms with E-state index in [-0.39, 0.29) is 11.8 Å². The molecule has 1 heterocycles. The maximum Gasteiger partial charge on any atom is 0.223 e. The van der Waals surface area contributed by atoms with Crippen LogP contribution in [0.3, 0.4) is 0 Å². The number of hydrogen-bond donors (Lipinski definition) is 3. The van der Waals surface area contributed by atoms with Gasteiger partial charge in [0.2, 0.25) is 11.8 Å². The van der Waals surface area contributed by atoms with E-state index in [9.17, 15) is 4.79 Å². The van der Waals surface area contributed by atoms with Gasteiger partial charge in [-0.2, -0.15) is 4.98 Å². The second-order valence-corrected chi connectivity index (χ2v) is 4.92. The molecule has 0 saturated heterocycles. The van der Waals surface area contributed by atoms with Crippen LogP contribution in [0.5, 0.6) is 0 Å². The summed E-state index contributed by atoms with van der Waals surface area (Å²) in [6, 6.07) is 0. The minimum Gasteiger partial charge on any atom is -0.357 e. The molecular formula is C13H22N6O2. The Balaban J connectivity index is 1.71. The Morgan fingerprint density at radius 2 is 2.10 bits per heavy atom. The molecule has 0 aliphatic heterocycles. The van der Waals surface area contributed by atoms with Crippen molar-refractivity contribution < 1.29 is 9.32 Å². The molecule has 0 spiro atoms. The Morgan fingerprint density at radius 3 is 2.71 bits per heavy atom. The molecule has 1 amide bonds. The van der Waals surface area contributed by atoms with Crippen LogP contribution in [-0.2, 0) is 11.3 Å². The minimum atomic E-state index is 0.154. The molecule has 1 saturated carbocycles. The molecule has 2 rings (SSSR count). The minimum absolute atomic E-state index is 0.154. The van der Waals surface area contributed by atoms with Crippen LogP contribution < -0.4 is 16.0 Å². The average molecular weight is 294 g/mol. The van der Waals surface area contributed by atoms with Crippen LogP contribution in [0, 0.1) is 12.8 Å². The first-order chi connectivity index (χ1) is 10.2. The van der Waals surface area contributed by atoms with Crippen molar-refractivity contribution in [2.75, 3.05) is 19.6 Å². The van der Waals surface area contributed by atoms with Gasteiger partial charge in [0, 0.05) is 32.5 Å². The summed E-state index contributed by atoms with van der Waals surface area (Å²) < 4.78 is 4.89. The Labute approximate surface area is 123 Å². The number of aromatic nitrogens is 2. The zero-order chi connectivity index (χ0) is 15.1. The Kier molecular flexibility index (Phi) is 5.53. The van der Waals surface area contributed by atoms with Crippen molar-refractivity contribution >= 4 is 11.9 Å². The van der Waals surface area contributed by atoms with Gasteiger partial charge in [-0.25, -0.2) is 4.99 Å². The van der Waals surface area contributed by atoms with Crippen molar-refractivity contribution in [2.45, 2.75) is 33.2 Å². The maximum absolute atomic E-state index is 11.5.